The Bertz CT molecular complexity index is 419. The summed E-state index contributed by atoms with van der Waals surface area (Å²) in [5.41, 5.74) is 0.957. The molecule has 3 N–H and O–H groups in total. The van der Waals surface area contributed by atoms with Gasteiger partial charge in [-0.1, -0.05) is 18.6 Å². The zero-order chi connectivity index (χ0) is 13.0. The number of aliphatic hydroxyl groups is 1. The number of benzene rings is 1. The van der Waals surface area contributed by atoms with Gasteiger partial charge in [0.25, 0.3) is 0 Å². The average molecular weight is 249 g/mol. The molecule has 1 aliphatic rings. The van der Waals surface area contributed by atoms with Crippen LogP contribution in [0.3, 0.4) is 0 Å². The highest BCUT2D eigenvalue weighted by Crippen LogP contribution is 2.25. The van der Waals surface area contributed by atoms with Crippen LogP contribution in [0.5, 0.6) is 0 Å². The van der Waals surface area contributed by atoms with E-state index in [0.717, 1.165) is 32.2 Å². The number of nitrogens with one attached hydrogen (secondary N) is 1. The van der Waals surface area contributed by atoms with E-state index in [1.807, 2.05) is 6.07 Å². The van der Waals surface area contributed by atoms with Gasteiger partial charge in [-0.15, -0.1) is 0 Å². The molecule has 1 aliphatic carbocycles. The van der Waals surface area contributed by atoms with E-state index in [4.69, 9.17) is 5.11 Å². The van der Waals surface area contributed by atoms with Gasteiger partial charge >= 0.3 is 5.97 Å². The second-order valence-electron chi connectivity index (χ2n) is 4.92. The molecule has 18 heavy (non-hydrogen) atoms. The molecule has 2 unspecified atom stereocenters. The molecule has 2 rings (SSSR count). The first-order valence-electron chi connectivity index (χ1n) is 6.41. The predicted molar refractivity (Wildman–Crippen MR) is 69.9 cm³/mol. The number of carbonyl (C=O) groups is 1. The Labute approximate surface area is 107 Å². The standard InChI is InChI=1S/C14H19NO3/c16-11-5-3-4-10(8-11)9-15-13-7-2-1-6-12(13)14(17)18/h1-2,6-7,10-11,15-16H,3-5,8-9H2,(H,17,18). The fourth-order valence-electron chi connectivity index (χ4n) is 2.53. The van der Waals surface area contributed by atoms with Gasteiger partial charge in [-0.25, -0.2) is 4.79 Å². The van der Waals surface area contributed by atoms with E-state index < -0.39 is 5.97 Å². The minimum Gasteiger partial charge on any atom is -0.478 e. The summed E-state index contributed by atoms with van der Waals surface area (Å²) in [6, 6.07) is 6.92. The molecule has 1 aromatic carbocycles. The van der Waals surface area contributed by atoms with Crippen molar-refractivity contribution in [1.82, 2.24) is 0 Å². The molecule has 0 heterocycles. The van der Waals surface area contributed by atoms with Crippen molar-refractivity contribution in [2.75, 3.05) is 11.9 Å². The second kappa shape index (κ2) is 5.87. The molecule has 0 amide bonds. The van der Waals surface area contributed by atoms with Crippen molar-refractivity contribution in [3.8, 4) is 0 Å². The van der Waals surface area contributed by atoms with Gasteiger partial charge in [-0.2, -0.15) is 0 Å². The Kier molecular flexibility index (Phi) is 4.20. The first-order chi connectivity index (χ1) is 8.66. The van der Waals surface area contributed by atoms with Crippen molar-refractivity contribution in [3.05, 3.63) is 29.8 Å². The van der Waals surface area contributed by atoms with Crippen LogP contribution >= 0.6 is 0 Å². The monoisotopic (exact) mass is 249 g/mol. The van der Waals surface area contributed by atoms with Crippen LogP contribution in [0.1, 0.15) is 36.0 Å². The van der Waals surface area contributed by atoms with E-state index in [0.29, 0.717) is 17.2 Å². The van der Waals surface area contributed by atoms with E-state index in [-0.39, 0.29) is 6.10 Å². The molecule has 1 saturated carbocycles. The number of carboxylic acids is 1. The van der Waals surface area contributed by atoms with E-state index in [9.17, 15) is 9.90 Å². The van der Waals surface area contributed by atoms with E-state index in [1.165, 1.54) is 0 Å². The first kappa shape index (κ1) is 12.9. The van der Waals surface area contributed by atoms with Gasteiger partial charge in [0.05, 0.1) is 11.7 Å². The topological polar surface area (TPSA) is 69.6 Å². The Morgan fingerprint density at radius 2 is 2.11 bits per heavy atom. The maximum absolute atomic E-state index is 11.0. The summed E-state index contributed by atoms with van der Waals surface area (Å²) in [6.45, 7) is 0.724. The molecule has 0 radical (unpaired) electrons. The van der Waals surface area contributed by atoms with Gasteiger partial charge in [0.1, 0.15) is 0 Å². The number of hydrogen-bond acceptors (Lipinski definition) is 3. The Balaban J connectivity index is 1.95. The molecule has 2 atom stereocenters. The van der Waals surface area contributed by atoms with E-state index >= 15 is 0 Å². The highest BCUT2D eigenvalue weighted by atomic mass is 16.4. The van der Waals surface area contributed by atoms with Crippen LogP contribution in [0.15, 0.2) is 24.3 Å². The molecule has 4 nitrogen and oxygen atoms in total. The van der Waals surface area contributed by atoms with E-state index in [2.05, 4.69) is 5.32 Å². The van der Waals surface area contributed by atoms with Gasteiger partial charge in [0, 0.05) is 12.2 Å². The highest BCUT2D eigenvalue weighted by Gasteiger charge is 2.20. The lowest BCUT2D eigenvalue weighted by Crippen LogP contribution is -2.25. The summed E-state index contributed by atoms with van der Waals surface area (Å²) in [7, 11) is 0. The van der Waals surface area contributed by atoms with Crippen molar-refractivity contribution in [3.63, 3.8) is 0 Å². The maximum Gasteiger partial charge on any atom is 0.337 e. The van der Waals surface area contributed by atoms with Crippen molar-refractivity contribution < 1.29 is 15.0 Å². The smallest absolute Gasteiger partial charge is 0.337 e. The fraction of sp³-hybridized carbons (Fsp3) is 0.500. The molecule has 0 aromatic heterocycles. The molecular formula is C14H19NO3. The van der Waals surface area contributed by atoms with Crippen LogP contribution in [0.4, 0.5) is 5.69 Å². The largest absolute Gasteiger partial charge is 0.478 e. The highest BCUT2D eigenvalue weighted by molar-refractivity contribution is 5.94. The summed E-state index contributed by atoms with van der Waals surface area (Å²) < 4.78 is 0. The van der Waals surface area contributed by atoms with Crippen LogP contribution in [-0.2, 0) is 0 Å². The lowest BCUT2D eigenvalue weighted by molar-refractivity contribution is 0.0697. The average Bonchev–Trinajstić information content (AvgIpc) is 2.37. The third-order valence-electron chi connectivity index (χ3n) is 3.49. The normalized spacial score (nSPS) is 23.6. The summed E-state index contributed by atoms with van der Waals surface area (Å²) >= 11 is 0. The van der Waals surface area contributed by atoms with Crippen LogP contribution in [0.2, 0.25) is 0 Å². The fourth-order valence-corrected chi connectivity index (χ4v) is 2.53. The minimum absolute atomic E-state index is 0.194. The number of aliphatic hydroxyl groups excluding tert-OH is 1. The number of rotatable bonds is 4. The zero-order valence-electron chi connectivity index (χ0n) is 10.3. The van der Waals surface area contributed by atoms with Crippen LogP contribution in [-0.4, -0.2) is 28.8 Å². The molecule has 0 aliphatic heterocycles. The summed E-state index contributed by atoms with van der Waals surface area (Å²) in [5.74, 6) is -0.489. The van der Waals surface area contributed by atoms with Gasteiger partial charge < -0.3 is 15.5 Å². The first-order valence-corrected chi connectivity index (χ1v) is 6.41. The molecule has 0 spiro atoms. The quantitative estimate of drug-likeness (QED) is 0.766. The molecule has 1 aromatic rings. The summed E-state index contributed by atoms with van der Waals surface area (Å²) in [4.78, 5) is 11.0. The molecular weight excluding hydrogens is 230 g/mol. The third kappa shape index (κ3) is 3.23. The lowest BCUT2D eigenvalue weighted by atomic mass is 9.87. The van der Waals surface area contributed by atoms with Crippen molar-refractivity contribution in [2.45, 2.75) is 31.8 Å². The summed E-state index contributed by atoms with van der Waals surface area (Å²) in [5, 5.41) is 21.9. The molecule has 0 saturated heterocycles. The number of anilines is 1. The minimum atomic E-state index is -0.915. The molecule has 0 bridgehead atoms. The predicted octanol–water partition coefficient (Wildman–Crippen LogP) is 2.35. The lowest BCUT2D eigenvalue weighted by Gasteiger charge is -2.26. The molecule has 4 heteroatoms. The van der Waals surface area contributed by atoms with Crippen LogP contribution < -0.4 is 5.32 Å². The van der Waals surface area contributed by atoms with Crippen LogP contribution in [0, 0.1) is 5.92 Å². The van der Waals surface area contributed by atoms with Gasteiger partial charge in [0.15, 0.2) is 0 Å². The van der Waals surface area contributed by atoms with Gasteiger partial charge in [0.2, 0.25) is 0 Å². The molecule has 98 valence electrons. The second-order valence-corrected chi connectivity index (χ2v) is 4.92. The Morgan fingerprint density at radius 1 is 1.33 bits per heavy atom. The van der Waals surface area contributed by atoms with Crippen molar-refractivity contribution in [2.24, 2.45) is 5.92 Å². The Hall–Kier alpha value is -1.55. The maximum atomic E-state index is 11.0. The zero-order valence-corrected chi connectivity index (χ0v) is 10.3. The number of aromatic carboxylic acids is 1. The van der Waals surface area contributed by atoms with Gasteiger partial charge in [-0.3, -0.25) is 0 Å². The number of hydrogen-bond donors (Lipinski definition) is 3. The van der Waals surface area contributed by atoms with Gasteiger partial charge in [-0.05, 0) is 37.3 Å². The summed E-state index contributed by atoms with van der Waals surface area (Å²) in [6.07, 6.45) is 3.65. The SMILES string of the molecule is O=C(O)c1ccccc1NCC1CCCC(O)C1. The Morgan fingerprint density at radius 3 is 2.83 bits per heavy atom. The van der Waals surface area contributed by atoms with Crippen molar-refractivity contribution in [1.29, 1.82) is 0 Å². The van der Waals surface area contributed by atoms with Crippen LogP contribution in [0.25, 0.3) is 0 Å². The number of carboxylic acid groups (broad SMARTS) is 1. The number of para-hydroxylation sites is 1. The molecule has 1 fully saturated rings. The van der Waals surface area contributed by atoms with E-state index in [1.54, 1.807) is 18.2 Å². The van der Waals surface area contributed by atoms with Crippen molar-refractivity contribution >= 4 is 11.7 Å². The third-order valence-corrected chi connectivity index (χ3v) is 3.49.